The van der Waals surface area contributed by atoms with Gasteiger partial charge in [-0.15, -0.1) is 0 Å². The molecule has 0 radical (unpaired) electrons. The van der Waals surface area contributed by atoms with Gasteiger partial charge >= 0.3 is 0 Å². The molecular formula is C16H22N2. The number of benzene rings is 1. The van der Waals surface area contributed by atoms with E-state index in [0.29, 0.717) is 0 Å². The highest BCUT2D eigenvalue weighted by Crippen LogP contribution is 2.32. The van der Waals surface area contributed by atoms with Gasteiger partial charge < -0.3 is 9.88 Å². The Bertz CT molecular complexity index is 566. The van der Waals surface area contributed by atoms with Crippen molar-refractivity contribution in [3.8, 4) is 0 Å². The Kier molecular flexibility index (Phi) is 3.13. The fourth-order valence-corrected chi connectivity index (χ4v) is 3.23. The highest BCUT2D eigenvalue weighted by molar-refractivity contribution is 5.86. The topological polar surface area (TPSA) is 17.0 Å². The molecule has 1 N–H and O–H groups in total. The number of nitrogens with zero attached hydrogens (tertiary/aromatic N) is 1. The summed E-state index contributed by atoms with van der Waals surface area (Å²) in [5.41, 5.74) is 6.03. The summed E-state index contributed by atoms with van der Waals surface area (Å²) in [6.07, 6.45) is 5.22. The minimum atomic E-state index is 1.05. The zero-order valence-corrected chi connectivity index (χ0v) is 11.4. The average molecular weight is 242 g/mol. The van der Waals surface area contributed by atoms with Gasteiger partial charge in [-0.05, 0) is 57.4 Å². The lowest BCUT2D eigenvalue weighted by molar-refractivity contribution is 0.595. The van der Waals surface area contributed by atoms with Gasteiger partial charge in [-0.3, -0.25) is 0 Å². The number of hydrogen-bond donors (Lipinski definition) is 1. The summed E-state index contributed by atoms with van der Waals surface area (Å²) in [6.45, 7) is 4.33. The SMILES string of the molecule is CNCCn1c2c(c3cc(C)ccc31)CCCC2. The zero-order chi connectivity index (χ0) is 12.5. The van der Waals surface area contributed by atoms with Crippen molar-refractivity contribution in [2.24, 2.45) is 0 Å². The molecule has 0 saturated heterocycles. The standard InChI is InChI=1S/C16H22N2/c1-12-7-8-16-14(11-12)13-5-3-4-6-15(13)18(16)10-9-17-2/h7-8,11,17H,3-6,9-10H2,1-2H3. The Balaban J connectivity index is 2.19. The normalized spacial score (nSPS) is 15.0. The van der Waals surface area contributed by atoms with Crippen LogP contribution in [-0.4, -0.2) is 18.2 Å². The first-order chi connectivity index (χ1) is 8.81. The molecule has 1 aromatic heterocycles. The van der Waals surface area contributed by atoms with E-state index in [2.05, 4.69) is 35.0 Å². The largest absolute Gasteiger partial charge is 0.343 e. The van der Waals surface area contributed by atoms with Crippen molar-refractivity contribution in [1.29, 1.82) is 0 Å². The molecule has 0 unspecified atom stereocenters. The number of likely N-dealkylation sites (N-methyl/N-ethyl adjacent to an activating group) is 1. The van der Waals surface area contributed by atoms with Crippen LogP contribution in [0.15, 0.2) is 18.2 Å². The smallest absolute Gasteiger partial charge is 0.0486 e. The summed E-state index contributed by atoms with van der Waals surface area (Å²) in [6, 6.07) is 6.91. The molecule has 0 amide bonds. The van der Waals surface area contributed by atoms with Crippen LogP contribution in [0.5, 0.6) is 0 Å². The van der Waals surface area contributed by atoms with Gasteiger partial charge in [-0.1, -0.05) is 11.6 Å². The molecule has 1 heterocycles. The van der Waals surface area contributed by atoms with Crippen molar-refractivity contribution >= 4 is 10.9 Å². The minimum Gasteiger partial charge on any atom is -0.343 e. The monoisotopic (exact) mass is 242 g/mol. The van der Waals surface area contributed by atoms with Gasteiger partial charge in [0.1, 0.15) is 0 Å². The van der Waals surface area contributed by atoms with Gasteiger partial charge in [0.15, 0.2) is 0 Å². The molecule has 2 aromatic rings. The first kappa shape index (κ1) is 11.8. The van der Waals surface area contributed by atoms with E-state index < -0.39 is 0 Å². The second-order valence-electron chi connectivity index (χ2n) is 5.41. The van der Waals surface area contributed by atoms with Gasteiger partial charge in [-0.25, -0.2) is 0 Å². The summed E-state index contributed by atoms with van der Waals surface area (Å²) in [5.74, 6) is 0. The van der Waals surface area contributed by atoms with Crippen molar-refractivity contribution in [3.63, 3.8) is 0 Å². The van der Waals surface area contributed by atoms with E-state index in [0.717, 1.165) is 13.1 Å². The molecule has 96 valence electrons. The molecule has 18 heavy (non-hydrogen) atoms. The summed E-state index contributed by atoms with van der Waals surface area (Å²) in [5, 5.41) is 4.77. The predicted octanol–water partition coefficient (Wildman–Crippen LogP) is 3.05. The molecule has 0 fully saturated rings. The molecule has 2 heteroatoms. The van der Waals surface area contributed by atoms with Crippen molar-refractivity contribution in [2.75, 3.05) is 13.6 Å². The first-order valence-corrected chi connectivity index (χ1v) is 7.06. The zero-order valence-electron chi connectivity index (χ0n) is 11.4. The average Bonchev–Trinajstić information content (AvgIpc) is 2.70. The second kappa shape index (κ2) is 4.77. The predicted molar refractivity (Wildman–Crippen MR) is 77.2 cm³/mol. The number of aryl methyl sites for hydroxylation is 2. The molecule has 1 aliphatic carbocycles. The maximum atomic E-state index is 3.27. The number of hydrogen-bond acceptors (Lipinski definition) is 1. The van der Waals surface area contributed by atoms with Crippen LogP contribution in [0, 0.1) is 6.92 Å². The fraction of sp³-hybridized carbons (Fsp3) is 0.500. The third kappa shape index (κ3) is 1.85. The van der Waals surface area contributed by atoms with Crippen molar-refractivity contribution in [3.05, 3.63) is 35.0 Å². The van der Waals surface area contributed by atoms with E-state index in [1.807, 2.05) is 7.05 Å². The summed E-state index contributed by atoms with van der Waals surface area (Å²) < 4.78 is 2.54. The van der Waals surface area contributed by atoms with Gasteiger partial charge in [0.05, 0.1) is 0 Å². The van der Waals surface area contributed by atoms with Crippen LogP contribution >= 0.6 is 0 Å². The Hall–Kier alpha value is -1.28. The Morgan fingerprint density at radius 1 is 1.22 bits per heavy atom. The summed E-state index contributed by atoms with van der Waals surface area (Å²) in [4.78, 5) is 0. The molecule has 3 rings (SSSR count). The van der Waals surface area contributed by atoms with Crippen LogP contribution in [0.3, 0.4) is 0 Å². The number of rotatable bonds is 3. The Morgan fingerprint density at radius 2 is 2.06 bits per heavy atom. The maximum Gasteiger partial charge on any atom is 0.0486 e. The number of fused-ring (bicyclic) bond motifs is 3. The molecule has 0 aliphatic heterocycles. The molecule has 0 bridgehead atoms. The molecule has 1 aliphatic rings. The molecular weight excluding hydrogens is 220 g/mol. The molecule has 2 nitrogen and oxygen atoms in total. The lowest BCUT2D eigenvalue weighted by Crippen LogP contribution is -2.17. The van der Waals surface area contributed by atoms with Gasteiger partial charge in [0.25, 0.3) is 0 Å². The van der Waals surface area contributed by atoms with Crippen LogP contribution in [0.4, 0.5) is 0 Å². The van der Waals surface area contributed by atoms with Gasteiger partial charge in [0, 0.05) is 29.7 Å². The Labute approximate surface area is 109 Å². The Morgan fingerprint density at radius 3 is 2.89 bits per heavy atom. The first-order valence-electron chi connectivity index (χ1n) is 7.06. The quantitative estimate of drug-likeness (QED) is 0.875. The van der Waals surface area contributed by atoms with Crippen LogP contribution in [0.25, 0.3) is 10.9 Å². The highest BCUT2D eigenvalue weighted by Gasteiger charge is 2.19. The number of nitrogens with one attached hydrogen (secondary N) is 1. The van der Waals surface area contributed by atoms with Crippen LogP contribution in [-0.2, 0) is 19.4 Å². The van der Waals surface area contributed by atoms with Crippen LogP contribution in [0.2, 0.25) is 0 Å². The van der Waals surface area contributed by atoms with Crippen molar-refractivity contribution < 1.29 is 0 Å². The fourth-order valence-electron chi connectivity index (χ4n) is 3.23. The van der Waals surface area contributed by atoms with E-state index in [9.17, 15) is 0 Å². The van der Waals surface area contributed by atoms with E-state index in [1.165, 1.54) is 42.1 Å². The van der Waals surface area contributed by atoms with E-state index >= 15 is 0 Å². The lowest BCUT2D eigenvalue weighted by Gasteiger charge is -2.15. The van der Waals surface area contributed by atoms with Gasteiger partial charge in [-0.2, -0.15) is 0 Å². The van der Waals surface area contributed by atoms with Crippen molar-refractivity contribution in [1.82, 2.24) is 9.88 Å². The third-order valence-electron chi connectivity index (χ3n) is 4.12. The molecule has 0 saturated carbocycles. The third-order valence-corrected chi connectivity index (χ3v) is 4.12. The van der Waals surface area contributed by atoms with Crippen LogP contribution in [0.1, 0.15) is 29.7 Å². The summed E-state index contributed by atoms with van der Waals surface area (Å²) in [7, 11) is 2.03. The van der Waals surface area contributed by atoms with Crippen molar-refractivity contribution in [2.45, 2.75) is 39.2 Å². The summed E-state index contributed by atoms with van der Waals surface area (Å²) >= 11 is 0. The number of aromatic nitrogens is 1. The minimum absolute atomic E-state index is 1.05. The van der Waals surface area contributed by atoms with E-state index in [-0.39, 0.29) is 0 Å². The van der Waals surface area contributed by atoms with E-state index in [1.54, 1.807) is 11.3 Å². The van der Waals surface area contributed by atoms with E-state index in [4.69, 9.17) is 0 Å². The van der Waals surface area contributed by atoms with Gasteiger partial charge in [0.2, 0.25) is 0 Å². The maximum absolute atomic E-state index is 3.27. The molecule has 1 aromatic carbocycles. The highest BCUT2D eigenvalue weighted by atomic mass is 15.0. The van der Waals surface area contributed by atoms with Crippen LogP contribution < -0.4 is 5.32 Å². The molecule has 0 atom stereocenters. The lowest BCUT2D eigenvalue weighted by atomic mass is 9.95. The second-order valence-corrected chi connectivity index (χ2v) is 5.41. The molecule has 0 spiro atoms.